The molecule has 1 heterocycles. The van der Waals surface area contributed by atoms with Crippen LogP contribution in [0.25, 0.3) is 10.9 Å². The highest BCUT2D eigenvalue weighted by atomic mass is 35.5. The largest absolute Gasteiger partial charge is 0.314 e. The number of carbonyl (C=O) groups excluding carboxylic acids is 1. The number of fused-ring (bicyclic) bond motifs is 1. The summed E-state index contributed by atoms with van der Waals surface area (Å²) in [5.74, 6) is -0.215. The van der Waals surface area contributed by atoms with Gasteiger partial charge in [0.25, 0.3) is 5.56 Å². The van der Waals surface area contributed by atoms with Crippen LogP contribution < -0.4 is 10.5 Å². The molecule has 0 atom stereocenters. The lowest BCUT2D eigenvalue weighted by Gasteiger charge is -2.17. The van der Waals surface area contributed by atoms with Crippen LogP contribution in [0.15, 0.2) is 35.1 Å². The van der Waals surface area contributed by atoms with Crippen molar-refractivity contribution in [1.29, 1.82) is 0 Å². The monoisotopic (exact) mass is 278 g/mol. The van der Waals surface area contributed by atoms with Crippen LogP contribution in [0.5, 0.6) is 0 Å². The highest BCUT2D eigenvalue weighted by molar-refractivity contribution is 6.29. The molecule has 19 heavy (non-hydrogen) atoms. The average molecular weight is 279 g/mol. The van der Waals surface area contributed by atoms with Crippen molar-refractivity contribution in [3.63, 3.8) is 0 Å². The van der Waals surface area contributed by atoms with Gasteiger partial charge in [-0.1, -0.05) is 0 Å². The zero-order chi connectivity index (χ0) is 14.0. The Morgan fingerprint density at radius 2 is 2.05 bits per heavy atom. The molecule has 0 bridgehead atoms. The quantitative estimate of drug-likeness (QED) is 0.808. The Balaban J connectivity index is 2.56. The van der Waals surface area contributed by atoms with Crippen molar-refractivity contribution in [1.82, 2.24) is 4.57 Å². The molecule has 0 unspecified atom stereocenters. The highest BCUT2D eigenvalue weighted by Gasteiger charge is 2.10. The van der Waals surface area contributed by atoms with E-state index >= 15 is 0 Å². The smallest absolute Gasteiger partial charge is 0.250 e. The van der Waals surface area contributed by atoms with Crippen molar-refractivity contribution in [2.45, 2.75) is 13.5 Å². The van der Waals surface area contributed by atoms with Crippen molar-refractivity contribution in [2.75, 3.05) is 17.8 Å². The number of carbonyl (C=O) groups is 1. The number of anilines is 1. The number of hydrogen-bond acceptors (Lipinski definition) is 2. The second kappa shape index (κ2) is 5.45. The van der Waals surface area contributed by atoms with Gasteiger partial charge in [0.05, 0.1) is 5.52 Å². The van der Waals surface area contributed by atoms with Gasteiger partial charge in [0.2, 0.25) is 5.91 Å². The number of amides is 1. The molecule has 0 aliphatic carbocycles. The van der Waals surface area contributed by atoms with Crippen LogP contribution in [0.3, 0.4) is 0 Å². The summed E-state index contributed by atoms with van der Waals surface area (Å²) in [6.45, 7) is 2.55. The Hall–Kier alpha value is -1.81. The molecule has 0 radical (unpaired) electrons. The summed E-state index contributed by atoms with van der Waals surface area (Å²) in [6.07, 6.45) is 0. The first-order chi connectivity index (χ1) is 9.08. The normalized spacial score (nSPS) is 10.7. The van der Waals surface area contributed by atoms with Gasteiger partial charge in [0, 0.05) is 30.7 Å². The van der Waals surface area contributed by atoms with Crippen LogP contribution in [-0.2, 0) is 11.3 Å². The third-order valence-electron chi connectivity index (χ3n) is 3.17. The standard InChI is InChI=1S/C14H15ClN2O2/c1-3-17-12-6-5-11(16(2)14(19)9-15)8-10(12)4-7-13(17)18/h4-8H,3,9H2,1-2H3. The van der Waals surface area contributed by atoms with Crippen LogP contribution >= 0.6 is 11.6 Å². The maximum Gasteiger partial charge on any atom is 0.250 e. The number of hydrogen-bond donors (Lipinski definition) is 0. The molecule has 0 aliphatic heterocycles. The first kappa shape index (κ1) is 13.6. The fraction of sp³-hybridized carbons (Fsp3) is 0.286. The van der Waals surface area contributed by atoms with E-state index in [0.29, 0.717) is 6.54 Å². The van der Waals surface area contributed by atoms with Gasteiger partial charge in [-0.2, -0.15) is 0 Å². The van der Waals surface area contributed by atoms with Gasteiger partial charge in [-0.05, 0) is 31.2 Å². The number of alkyl halides is 1. The number of nitrogens with zero attached hydrogens (tertiary/aromatic N) is 2. The summed E-state index contributed by atoms with van der Waals surface area (Å²) in [4.78, 5) is 24.8. The van der Waals surface area contributed by atoms with E-state index in [9.17, 15) is 9.59 Å². The van der Waals surface area contributed by atoms with Crippen molar-refractivity contribution in [3.05, 3.63) is 40.7 Å². The molecule has 0 spiro atoms. The number of halogens is 1. The second-order valence-electron chi connectivity index (χ2n) is 4.25. The van der Waals surface area contributed by atoms with Gasteiger partial charge in [-0.25, -0.2) is 0 Å². The molecule has 2 aromatic rings. The zero-order valence-electron chi connectivity index (χ0n) is 10.9. The molecular formula is C14H15ClN2O2. The molecular weight excluding hydrogens is 264 g/mol. The molecule has 100 valence electrons. The van der Waals surface area contributed by atoms with Crippen LogP contribution in [0.1, 0.15) is 6.92 Å². The molecule has 0 saturated carbocycles. The number of aryl methyl sites for hydroxylation is 1. The van der Waals surface area contributed by atoms with E-state index in [1.807, 2.05) is 25.1 Å². The Morgan fingerprint density at radius 1 is 1.32 bits per heavy atom. The Kier molecular flexibility index (Phi) is 3.90. The van der Waals surface area contributed by atoms with Crippen LogP contribution in [0.4, 0.5) is 5.69 Å². The van der Waals surface area contributed by atoms with Crippen molar-refractivity contribution < 1.29 is 4.79 Å². The number of pyridine rings is 1. The Labute approximate surface area is 116 Å². The van der Waals surface area contributed by atoms with E-state index in [1.54, 1.807) is 23.7 Å². The van der Waals surface area contributed by atoms with Crippen LogP contribution in [0.2, 0.25) is 0 Å². The van der Waals surface area contributed by atoms with Crippen molar-refractivity contribution >= 4 is 34.1 Å². The summed E-state index contributed by atoms with van der Waals surface area (Å²) in [5, 5.41) is 0.924. The van der Waals surface area contributed by atoms with Gasteiger partial charge in [-0.15, -0.1) is 11.6 Å². The van der Waals surface area contributed by atoms with Gasteiger partial charge in [0.1, 0.15) is 5.88 Å². The van der Waals surface area contributed by atoms with Gasteiger partial charge in [0.15, 0.2) is 0 Å². The van der Waals surface area contributed by atoms with E-state index in [-0.39, 0.29) is 17.3 Å². The first-order valence-corrected chi connectivity index (χ1v) is 6.58. The summed E-state index contributed by atoms with van der Waals surface area (Å²) < 4.78 is 1.70. The lowest BCUT2D eigenvalue weighted by Crippen LogP contribution is -2.27. The lowest BCUT2D eigenvalue weighted by atomic mass is 10.2. The molecule has 0 saturated heterocycles. The SMILES string of the molecule is CCn1c(=O)ccc2cc(N(C)C(=O)CCl)ccc21. The minimum absolute atomic E-state index is 0.0204. The Morgan fingerprint density at radius 3 is 2.68 bits per heavy atom. The predicted molar refractivity (Wildman–Crippen MR) is 78.0 cm³/mol. The number of aromatic nitrogens is 1. The molecule has 5 heteroatoms. The fourth-order valence-corrected chi connectivity index (χ4v) is 2.24. The molecule has 4 nitrogen and oxygen atoms in total. The number of rotatable bonds is 3. The fourth-order valence-electron chi connectivity index (χ4n) is 2.06. The van der Waals surface area contributed by atoms with Gasteiger partial charge in [-0.3, -0.25) is 9.59 Å². The molecule has 1 amide bonds. The summed E-state index contributed by atoms with van der Waals surface area (Å²) in [6, 6.07) is 8.86. The molecule has 2 rings (SSSR count). The van der Waals surface area contributed by atoms with Crippen molar-refractivity contribution in [3.8, 4) is 0 Å². The van der Waals surface area contributed by atoms with Crippen LogP contribution in [-0.4, -0.2) is 23.4 Å². The maximum atomic E-state index is 11.7. The molecule has 1 aromatic carbocycles. The van der Waals surface area contributed by atoms with Crippen molar-refractivity contribution in [2.24, 2.45) is 0 Å². The molecule has 0 fully saturated rings. The van der Waals surface area contributed by atoms with E-state index in [1.165, 1.54) is 4.90 Å². The third-order valence-corrected chi connectivity index (χ3v) is 3.39. The average Bonchev–Trinajstić information content (AvgIpc) is 2.45. The summed E-state index contributed by atoms with van der Waals surface area (Å²) in [7, 11) is 1.68. The van der Waals surface area contributed by atoms with Gasteiger partial charge >= 0.3 is 0 Å². The topological polar surface area (TPSA) is 42.3 Å². The summed E-state index contributed by atoms with van der Waals surface area (Å²) >= 11 is 5.55. The first-order valence-electron chi connectivity index (χ1n) is 6.04. The lowest BCUT2D eigenvalue weighted by molar-refractivity contribution is -0.116. The van der Waals surface area contributed by atoms with E-state index in [2.05, 4.69) is 0 Å². The van der Waals surface area contributed by atoms with E-state index in [0.717, 1.165) is 16.6 Å². The minimum Gasteiger partial charge on any atom is -0.314 e. The van der Waals surface area contributed by atoms with Gasteiger partial charge < -0.3 is 9.47 Å². The van der Waals surface area contributed by atoms with E-state index < -0.39 is 0 Å². The Bertz CT molecular complexity index is 679. The highest BCUT2D eigenvalue weighted by Crippen LogP contribution is 2.20. The zero-order valence-corrected chi connectivity index (χ0v) is 11.6. The van der Waals surface area contributed by atoms with E-state index in [4.69, 9.17) is 11.6 Å². The second-order valence-corrected chi connectivity index (χ2v) is 4.51. The maximum absolute atomic E-state index is 11.7. The molecule has 0 aliphatic rings. The molecule has 1 aromatic heterocycles. The summed E-state index contributed by atoms with van der Waals surface area (Å²) in [5.41, 5.74) is 1.61. The minimum atomic E-state index is -0.162. The third kappa shape index (κ3) is 2.49. The predicted octanol–water partition coefficient (Wildman–Crippen LogP) is 2.22. The van der Waals surface area contributed by atoms with Crippen LogP contribution in [0, 0.1) is 0 Å². The number of benzene rings is 1. The molecule has 0 N–H and O–H groups in total.